The smallest absolute Gasteiger partial charge is 0.250 e. The molecule has 2 aliphatic rings. The number of nitrogens with one attached hydrogen (secondary N) is 1. The number of benzene rings is 2. The van der Waals surface area contributed by atoms with E-state index in [1.165, 1.54) is 32.4 Å². The maximum absolute atomic E-state index is 11.4. The molecule has 2 aromatic rings. The SMILES string of the molecule is C1CCNCC1.Cl.NC(=O)c1cccc2c1=NC(c1ccccc1)C=2.S. The fourth-order valence-electron chi connectivity index (χ4n) is 3.01. The lowest BCUT2D eigenvalue weighted by Gasteiger charge is -2.08. The third-order valence-corrected chi connectivity index (χ3v) is 4.29. The Balaban J connectivity index is 0.000000364. The van der Waals surface area contributed by atoms with E-state index in [0.29, 0.717) is 10.9 Å². The van der Waals surface area contributed by atoms with E-state index in [2.05, 4.69) is 16.4 Å². The van der Waals surface area contributed by atoms with Crippen molar-refractivity contribution in [1.29, 1.82) is 0 Å². The fourth-order valence-corrected chi connectivity index (χ4v) is 3.01. The van der Waals surface area contributed by atoms with Gasteiger partial charge in [0.25, 0.3) is 5.91 Å². The highest BCUT2D eigenvalue weighted by atomic mass is 35.5. The first-order chi connectivity index (χ1) is 11.8. The van der Waals surface area contributed by atoms with Crippen LogP contribution >= 0.6 is 25.9 Å². The molecule has 4 nitrogen and oxygen atoms in total. The molecular weight excluding hydrogens is 366 g/mol. The van der Waals surface area contributed by atoms with E-state index < -0.39 is 5.91 Å². The van der Waals surface area contributed by atoms with Crippen LogP contribution in [0.1, 0.15) is 41.2 Å². The van der Waals surface area contributed by atoms with Crippen LogP contribution in [0.5, 0.6) is 0 Å². The summed E-state index contributed by atoms with van der Waals surface area (Å²) >= 11 is 0. The van der Waals surface area contributed by atoms with Crippen LogP contribution in [0.2, 0.25) is 0 Å². The van der Waals surface area contributed by atoms with Gasteiger partial charge < -0.3 is 11.1 Å². The summed E-state index contributed by atoms with van der Waals surface area (Å²) in [6.45, 7) is 2.50. The third-order valence-electron chi connectivity index (χ3n) is 4.29. The predicted molar refractivity (Wildman–Crippen MR) is 114 cm³/mol. The number of piperidine rings is 1. The van der Waals surface area contributed by atoms with Crippen LogP contribution in [0, 0.1) is 0 Å². The van der Waals surface area contributed by atoms with Crippen molar-refractivity contribution in [3.63, 3.8) is 0 Å². The van der Waals surface area contributed by atoms with Gasteiger partial charge in [0.05, 0.1) is 17.0 Å². The largest absolute Gasteiger partial charge is 0.366 e. The quantitative estimate of drug-likeness (QED) is 0.824. The Labute approximate surface area is 167 Å². The van der Waals surface area contributed by atoms with Crippen LogP contribution < -0.4 is 21.6 Å². The molecule has 0 saturated carbocycles. The number of halogens is 1. The molecule has 3 N–H and O–H groups in total. The molecule has 2 aliphatic heterocycles. The lowest BCUT2D eigenvalue weighted by Crippen LogP contribution is -2.31. The molecular formula is C20H26ClN3OS. The summed E-state index contributed by atoms with van der Waals surface area (Å²) in [4.78, 5) is 15.9. The molecule has 6 heteroatoms. The molecule has 1 unspecified atom stereocenters. The standard InChI is InChI=1S/C15H12N2O.C5H11N.ClH.H2S/c16-15(18)12-8-4-7-11-9-13(17-14(11)12)10-5-2-1-3-6-10;1-2-4-6-5-3-1;;/h1-9,13H,(H2,16,18);6H,1-5H2;1H;1H2. The zero-order chi connectivity index (χ0) is 16.8. The molecule has 140 valence electrons. The molecule has 1 atom stereocenters. The van der Waals surface area contributed by atoms with Gasteiger partial charge in [0, 0.05) is 0 Å². The zero-order valence-electron chi connectivity index (χ0n) is 14.7. The van der Waals surface area contributed by atoms with Gasteiger partial charge in [-0.25, -0.2) is 0 Å². The number of carbonyl (C=O) groups excluding carboxylic acids is 1. The van der Waals surface area contributed by atoms with E-state index in [0.717, 1.165) is 10.8 Å². The van der Waals surface area contributed by atoms with Crippen molar-refractivity contribution >= 4 is 37.9 Å². The number of nitrogens with zero attached hydrogens (tertiary/aromatic N) is 1. The number of para-hydroxylation sites is 1. The zero-order valence-corrected chi connectivity index (χ0v) is 16.5. The molecule has 2 heterocycles. The summed E-state index contributed by atoms with van der Waals surface area (Å²) in [6.07, 6.45) is 6.27. The highest BCUT2D eigenvalue weighted by molar-refractivity contribution is 7.59. The molecule has 0 bridgehead atoms. The molecule has 2 aromatic carbocycles. The van der Waals surface area contributed by atoms with Crippen molar-refractivity contribution in [2.45, 2.75) is 25.3 Å². The van der Waals surface area contributed by atoms with Crippen molar-refractivity contribution in [3.05, 3.63) is 70.2 Å². The van der Waals surface area contributed by atoms with Crippen molar-refractivity contribution < 1.29 is 4.79 Å². The lowest BCUT2D eigenvalue weighted by atomic mass is 10.1. The maximum atomic E-state index is 11.4. The van der Waals surface area contributed by atoms with Gasteiger partial charge in [-0.15, -0.1) is 12.4 Å². The number of carbonyl (C=O) groups is 1. The van der Waals surface area contributed by atoms with Crippen molar-refractivity contribution in [1.82, 2.24) is 5.32 Å². The summed E-state index contributed by atoms with van der Waals surface area (Å²) in [6, 6.07) is 15.5. The molecule has 1 amide bonds. The Morgan fingerprint density at radius 2 is 1.69 bits per heavy atom. The Morgan fingerprint density at radius 1 is 1.00 bits per heavy atom. The summed E-state index contributed by atoms with van der Waals surface area (Å²) in [5, 5.41) is 4.96. The van der Waals surface area contributed by atoms with E-state index in [-0.39, 0.29) is 31.9 Å². The molecule has 26 heavy (non-hydrogen) atoms. The van der Waals surface area contributed by atoms with E-state index in [9.17, 15) is 4.79 Å². The first-order valence-electron chi connectivity index (χ1n) is 8.50. The van der Waals surface area contributed by atoms with Crippen LogP contribution in [-0.2, 0) is 0 Å². The van der Waals surface area contributed by atoms with E-state index in [1.54, 1.807) is 6.07 Å². The number of rotatable bonds is 2. The summed E-state index contributed by atoms with van der Waals surface area (Å²) in [5.74, 6) is -0.433. The molecule has 1 saturated heterocycles. The van der Waals surface area contributed by atoms with E-state index in [1.807, 2.05) is 42.5 Å². The predicted octanol–water partition coefficient (Wildman–Crippen LogP) is 2.24. The third kappa shape index (κ3) is 5.59. The Morgan fingerprint density at radius 3 is 2.23 bits per heavy atom. The number of hydrogen-bond donors (Lipinski definition) is 2. The minimum atomic E-state index is -0.433. The monoisotopic (exact) mass is 391 g/mol. The minimum Gasteiger partial charge on any atom is -0.366 e. The average molecular weight is 392 g/mol. The number of amides is 1. The van der Waals surface area contributed by atoms with Gasteiger partial charge in [-0.1, -0.05) is 48.9 Å². The van der Waals surface area contributed by atoms with Gasteiger partial charge >= 0.3 is 0 Å². The van der Waals surface area contributed by atoms with Crippen molar-refractivity contribution in [2.75, 3.05) is 13.1 Å². The van der Waals surface area contributed by atoms with Gasteiger partial charge in [-0.3, -0.25) is 9.79 Å². The number of fused-ring (bicyclic) bond motifs is 1. The summed E-state index contributed by atoms with van der Waals surface area (Å²) in [7, 11) is 0. The highest BCUT2D eigenvalue weighted by Crippen LogP contribution is 2.19. The highest BCUT2D eigenvalue weighted by Gasteiger charge is 2.14. The molecule has 0 radical (unpaired) electrons. The van der Waals surface area contributed by atoms with Crippen LogP contribution in [0.4, 0.5) is 0 Å². The number of hydrogen-bond acceptors (Lipinski definition) is 3. The van der Waals surface area contributed by atoms with Crippen LogP contribution in [0.15, 0.2) is 53.5 Å². The second kappa shape index (κ2) is 11.0. The minimum absolute atomic E-state index is 0. The molecule has 4 rings (SSSR count). The topological polar surface area (TPSA) is 67.5 Å². The van der Waals surface area contributed by atoms with Crippen LogP contribution in [0.3, 0.4) is 0 Å². The number of nitrogens with two attached hydrogens (primary N) is 1. The van der Waals surface area contributed by atoms with Gasteiger partial charge in [-0.05, 0) is 48.9 Å². The fraction of sp³-hybridized carbons (Fsp3) is 0.300. The van der Waals surface area contributed by atoms with E-state index >= 15 is 0 Å². The Hall–Kier alpha value is -1.82. The Kier molecular flexibility index (Phi) is 9.41. The molecule has 1 fully saturated rings. The Bertz CT molecular complexity index is 811. The first-order valence-corrected chi connectivity index (χ1v) is 8.50. The van der Waals surface area contributed by atoms with E-state index in [4.69, 9.17) is 5.73 Å². The number of primary amides is 1. The summed E-state index contributed by atoms with van der Waals surface area (Å²) < 4.78 is 0. The summed E-state index contributed by atoms with van der Waals surface area (Å²) in [5.41, 5.74) is 6.96. The second-order valence-electron chi connectivity index (χ2n) is 6.07. The maximum Gasteiger partial charge on any atom is 0.250 e. The van der Waals surface area contributed by atoms with Gasteiger partial charge in [0.2, 0.25) is 0 Å². The van der Waals surface area contributed by atoms with Gasteiger partial charge in [0.1, 0.15) is 0 Å². The van der Waals surface area contributed by atoms with Crippen LogP contribution in [0.25, 0.3) is 6.08 Å². The van der Waals surface area contributed by atoms with Gasteiger partial charge in [0.15, 0.2) is 0 Å². The van der Waals surface area contributed by atoms with Crippen molar-refractivity contribution in [3.8, 4) is 0 Å². The molecule has 0 spiro atoms. The normalized spacial score (nSPS) is 17.0. The average Bonchev–Trinajstić information content (AvgIpc) is 3.08. The second-order valence-corrected chi connectivity index (χ2v) is 6.07. The van der Waals surface area contributed by atoms with Crippen LogP contribution in [-0.4, -0.2) is 19.0 Å². The van der Waals surface area contributed by atoms with Gasteiger partial charge in [-0.2, -0.15) is 13.5 Å². The molecule has 0 aromatic heterocycles. The van der Waals surface area contributed by atoms with Crippen molar-refractivity contribution in [2.24, 2.45) is 10.7 Å². The first kappa shape index (κ1) is 22.2. The lowest BCUT2D eigenvalue weighted by molar-refractivity contribution is 0.0999. The molecule has 0 aliphatic carbocycles.